The lowest BCUT2D eigenvalue weighted by Gasteiger charge is -2.36. The third-order valence-electron chi connectivity index (χ3n) is 4.94. The molecule has 0 bridgehead atoms. The summed E-state index contributed by atoms with van der Waals surface area (Å²) in [5.41, 5.74) is 11.0. The van der Waals surface area contributed by atoms with Gasteiger partial charge in [0.1, 0.15) is 6.04 Å². The molecule has 1 saturated heterocycles. The summed E-state index contributed by atoms with van der Waals surface area (Å²) in [5.74, 6) is -0.0266. The number of aromatic amines is 1. The molecule has 25 heavy (non-hydrogen) atoms. The fourth-order valence-electron chi connectivity index (χ4n) is 3.36. The molecule has 1 aliphatic heterocycles. The molecule has 1 atom stereocenters. The third kappa shape index (κ3) is 3.72. The van der Waals surface area contributed by atoms with Gasteiger partial charge in [0, 0.05) is 50.2 Å². The molecule has 1 fully saturated rings. The second-order valence-electron chi connectivity index (χ2n) is 6.69. The van der Waals surface area contributed by atoms with Crippen LogP contribution in [0.5, 0.6) is 0 Å². The number of hydrogen-bond donors (Lipinski definition) is 2. The molecule has 2 aromatic heterocycles. The molecule has 3 heterocycles. The molecule has 0 radical (unpaired) electrons. The Morgan fingerprint density at radius 1 is 1.28 bits per heavy atom. The zero-order chi connectivity index (χ0) is 18.0. The van der Waals surface area contributed by atoms with Crippen LogP contribution in [0.4, 0.5) is 0 Å². The molecule has 7 heteroatoms. The van der Waals surface area contributed by atoms with Crippen molar-refractivity contribution >= 4 is 5.91 Å². The number of nitrogens with two attached hydrogens (primary N) is 1. The van der Waals surface area contributed by atoms with Crippen molar-refractivity contribution in [3.8, 4) is 0 Å². The number of aryl methyl sites for hydroxylation is 3. The first-order chi connectivity index (χ1) is 12.0. The van der Waals surface area contributed by atoms with Gasteiger partial charge in [0.15, 0.2) is 0 Å². The van der Waals surface area contributed by atoms with Gasteiger partial charge < -0.3 is 10.6 Å². The molecule has 0 spiro atoms. The van der Waals surface area contributed by atoms with Gasteiger partial charge >= 0.3 is 0 Å². The van der Waals surface area contributed by atoms with Gasteiger partial charge in [0.25, 0.3) is 0 Å². The summed E-state index contributed by atoms with van der Waals surface area (Å²) in [6.45, 7) is 9.71. The highest BCUT2D eigenvalue weighted by atomic mass is 16.2. The topological polar surface area (TPSA) is 91.1 Å². The van der Waals surface area contributed by atoms with E-state index in [1.165, 1.54) is 5.56 Å². The maximum atomic E-state index is 12.7. The number of pyridine rings is 1. The molecule has 1 unspecified atom stereocenters. The van der Waals surface area contributed by atoms with Gasteiger partial charge in [-0.05, 0) is 32.4 Å². The van der Waals surface area contributed by atoms with Gasteiger partial charge in [0.2, 0.25) is 5.91 Å². The van der Waals surface area contributed by atoms with Gasteiger partial charge in [-0.3, -0.25) is 19.8 Å². The predicted octanol–water partition coefficient (Wildman–Crippen LogP) is 1.07. The molecule has 134 valence electrons. The standard InChI is InChI=1S/C18H26N6O/c1-12-5-4-6-20-15(12)11-23-7-9-24(10-8-23)18(25)17(19)16-13(2)21-22-14(16)3/h4-6,17H,7-11,19H2,1-3H3,(H,21,22). The molecule has 2 aromatic rings. The fraction of sp³-hybridized carbons (Fsp3) is 0.500. The second kappa shape index (κ2) is 7.33. The van der Waals surface area contributed by atoms with Crippen LogP contribution in [0, 0.1) is 20.8 Å². The zero-order valence-corrected chi connectivity index (χ0v) is 15.1. The maximum Gasteiger partial charge on any atom is 0.244 e. The van der Waals surface area contributed by atoms with Gasteiger partial charge in [-0.15, -0.1) is 0 Å². The molecule has 0 saturated carbocycles. The summed E-state index contributed by atoms with van der Waals surface area (Å²) < 4.78 is 0. The lowest BCUT2D eigenvalue weighted by molar-refractivity contribution is -0.134. The van der Waals surface area contributed by atoms with Crippen molar-refractivity contribution in [2.45, 2.75) is 33.4 Å². The van der Waals surface area contributed by atoms with E-state index in [4.69, 9.17) is 5.73 Å². The highest BCUT2D eigenvalue weighted by molar-refractivity contribution is 5.83. The van der Waals surface area contributed by atoms with E-state index in [-0.39, 0.29) is 5.91 Å². The molecule has 0 aliphatic carbocycles. The number of rotatable bonds is 4. The van der Waals surface area contributed by atoms with E-state index in [1.54, 1.807) is 0 Å². The first-order valence-electron chi connectivity index (χ1n) is 8.66. The van der Waals surface area contributed by atoms with Gasteiger partial charge in [-0.25, -0.2) is 0 Å². The zero-order valence-electron chi connectivity index (χ0n) is 15.1. The lowest BCUT2D eigenvalue weighted by Crippen LogP contribution is -2.50. The van der Waals surface area contributed by atoms with Crippen LogP contribution in [-0.4, -0.2) is 57.1 Å². The van der Waals surface area contributed by atoms with Crippen LogP contribution in [-0.2, 0) is 11.3 Å². The summed E-state index contributed by atoms with van der Waals surface area (Å²) in [6, 6.07) is 3.39. The highest BCUT2D eigenvalue weighted by Crippen LogP contribution is 2.20. The van der Waals surface area contributed by atoms with Crippen LogP contribution in [0.2, 0.25) is 0 Å². The van der Waals surface area contributed by atoms with Crippen molar-refractivity contribution in [2.75, 3.05) is 26.2 Å². The van der Waals surface area contributed by atoms with Crippen LogP contribution < -0.4 is 5.73 Å². The number of H-pyrrole nitrogens is 1. The Labute approximate surface area is 148 Å². The smallest absolute Gasteiger partial charge is 0.244 e. The second-order valence-corrected chi connectivity index (χ2v) is 6.69. The van der Waals surface area contributed by atoms with Gasteiger partial charge in [-0.2, -0.15) is 5.10 Å². The van der Waals surface area contributed by atoms with Crippen molar-refractivity contribution in [3.05, 3.63) is 46.5 Å². The Hall–Kier alpha value is -2.25. The van der Waals surface area contributed by atoms with Crippen molar-refractivity contribution in [3.63, 3.8) is 0 Å². The third-order valence-corrected chi connectivity index (χ3v) is 4.94. The van der Waals surface area contributed by atoms with Crippen LogP contribution in [0.15, 0.2) is 18.3 Å². The molecule has 7 nitrogen and oxygen atoms in total. The quantitative estimate of drug-likeness (QED) is 0.867. The number of carbonyl (C=O) groups excluding carboxylic acids is 1. The van der Waals surface area contributed by atoms with Crippen molar-refractivity contribution in [1.29, 1.82) is 0 Å². The Kier molecular flexibility index (Phi) is 5.15. The van der Waals surface area contributed by atoms with Crippen LogP contribution in [0.25, 0.3) is 0 Å². The number of amides is 1. The Balaban J connectivity index is 1.58. The Bertz CT molecular complexity index is 728. The SMILES string of the molecule is Cc1cccnc1CN1CCN(C(=O)C(N)c2c(C)n[nH]c2C)CC1. The normalized spacial score (nSPS) is 16.9. The van der Waals surface area contributed by atoms with Crippen LogP contribution >= 0.6 is 0 Å². The first-order valence-corrected chi connectivity index (χ1v) is 8.66. The average molecular weight is 342 g/mol. The summed E-state index contributed by atoms with van der Waals surface area (Å²) in [5, 5.41) is 7.04. The summed E-state index contributed by atoms with van der Waals surface area (Å²) in [7, 11) is 0. The number of aromatic nitrogens is 3. The van der Waals surface area contributed by atoms with E-state index in [1.807, 2.05) is 31.0 Å². The number of hydrogen-bond acceptors (Lipinski definition) is 5. The molecule has 3 N–H and O–H groups in total. The lowest BCUT2D eigenvalue weighted by atomic mass is 10.0. The van der Waals surface area contributed by atoms with Crippen molar-refractivity contribution in [2.24, 2.45) is 5.73 Å². The number of nitrogens with zero attached hydrogens (tertiary/aromatic N) is 4. The van der Waals surface area contributed by atoms with Crippen molar-refractivity contribution in [1.82, 2.24) is 25.0 Å². The maximum absolute atomic E-state index is 12.7. The number of piperazine rings is 1. The molecule has 3 rings (SSSR count). The molecular formula is C18H26N6O. The van der Waals surface area contributed by atoms with Crippen LogP contribution in [0.1, 0.15) is 34.3 Å². The Morgan fingerprint density at radius 3 is 2.60 bits per heavy atom. The molecule has 1 aliphatic rings. The molecule has 0 aromatic carbocycles. The minimum Gasteiger partial charge on any atom is -0.338 e. The van der Waals surface area contributed by atoms with E-state index in [9.17, 15) is 4.79 Å². The minimum atomic E-state index is -0.650. The highest BCUT2D eigenvalue weighted by Gasteiger charge is 2.29. The first kappa shape index (κ1) is 17.6. The summed E-state index contributed by atoms with van der Waals surface area (Å²) in [4.78, 5) is 21.4. The van der Waals surface area contributed by atoms with Crippen molar-refractivity contribution < 1.29 is 4.79 Å². The number of nitrogens with one attached hydrogen (secondary N) is 1. The van der Waals surface area contributed by atoms with E-state index in [0.29, 0.717) is 13.1 Å². The average Bonchev–Trinajstić information content (AvgIpc) is 2.95. The minimum absolute atomic E-state index is 0.0266. The van der Waals surface area contributed by atoms with Gasteiger partial charge in [0.05, 0.1) is 11.4 Å². The van der Waals surface area contributed by atoms with Crippen LogP contribution in [0.3, 0.4) is 0 Å². The van der Waals surface area contributed by atoms with E-state index < -0.39 is 6.04 Å². The van der Waals surface area contributed by atoms with E-state index >= 15 is 0 Å². The summed E-state index contributed by atoms with van der Waals surface area (Å²) in [6.07, 6.45) is 1.83. The van der Waals surface area contributed by atoms with Gasteiger partial charge in [-0.1, -0.05) is 6.07 Å². The summed E-state index contributed by atoms with van der Waals surface area (Å²) >= 11 is 0. The predicted molar refractivity (Wildman–Crippen MR) is 95.8 cm³/mol. The van der Waals surface area contributed by atoms with E-state index in [2.05, 4.69) is 33.1 Å². The largest absolute Gasteiger partial charge is 0.338 e. The van der Waals surface area contributed by atoms with E-state index in [0.717, 1.165) is 42.3 Å². The molecule has 1 amide bonds. The fourth-order valence-corrected chi connectivity index (χ4v) is 3.36. The Morgan fingerprint density at radius 2 is 2.00 bits per heavy atom. The number of carbonyl (C=O) groups is 1. The molecular weight excluding hydrogens is 316 g/mol. The monoisotopic (exact) mass is 342 g/mol.